The number of hydrogen-bond acceptors (Lipinski definition) is 2. The van der Waals surface area contributed by atoms with Crippen LogP contribution in [0.1, 0.15) is 0 Å². The molecule has 2 heterocycles. The van der Waals surface area contributed by atoms with Crippen molar-refractivity contribution in [2.75, 3.05) is 0 Å². The first-order valence-corrected chi connectivity index (χ1v) is 19.2. The predicted molar refractivity (Wildman–Crippen MR) is 235 cm³/mol. The normalized spacial score (nSPS) is 11.9. The Morgan fingerprint density at radius 1 is 0.232 bits per heavy atom. The van der Waals surface area contributed by atoms with E-state index in [0.717, 1.165) is 55.0 Å². The average Bonchev–Trinajstić information content (AvgIpc) is 3.83. The predicted octanol–water partition coefficient (Wildman–Crippen LogP) is 15.6. The van der Waals surface area contributed by atoms with Crippen LogP contribution in [0.3, 0.4) is 0 Å². The van der Waals surface area contributed by atoms with Crippen LogP contribution in [0, 0.1) is 0 Å². The van der Waals surface area contributed by atoms with E-state index in [-0.39, 0.29) is 0 Å². The van der Waals surface area contributed by atoms with Gasteiger partial charge in [-0.15, -0.1) is 0 Å². The van der Waals surface area contributed by atoms with Gasteiger partial charge in [0.1, 0.15) is 22.3 Å². The van der Waals surface area contributed by atoms with Crippen LogP contribution in [-0.4, -0.2) is 0 Å². The van der Waals surface area contributed by atoms with Gasteiger partial charge in [0.05, 0.1) is 0 Å². The van der Waals surface area contributed by atoms with Gasteiger partial charge >= 0.3 is 0 Å². The molecule has 0 aliphatic carbocycles. The SMILES string of the molecule is c1ccc(-c2cc(-c3c4cccc(-c5ccc6oc7ccccc7c6c5)c4cc4c(-c5ccc6oc7ccccc7c6c5)cccc34)c3ccccc3c2)cc1. The Kier molecular flexibility index (Phi) is 6.66. The number of fused-ring (bicyclic) bond motifs is 9. The first-order chi connectivity index (χ1) is 27.7. The molecular formula is C54H32O2. The summed E-state index contributed by atoms with van der Waals surface area (Å²) in [4.78, 5) is 0. The minimum atomic E-state index is 0.898. The fraction of sp³-hybridized carbons (Fsp3) is 0. The molecule has 56 heavy (non-hydrogen) atoms. The molecular weight excluding hydrogens is 681 g/mol. The first-order valence-electron chi connectivity index (χ1n) is 19.2. The fourth-order valence-corrected chi connectivity index (χ4v) is 9.06. The molecule has 0 aliphatic rings. The van der Waals surface area contributed by atoms with E-state index < -0.39 is 0 Å². The second kappa shape index (κ2) is 12.0. The molecule has 0 aliphatic heterocycles. The molecule has 10 aromatic carbocycles. The molecule has 12 aromatic rings. The quantitative estimate of drug-likeness (QED) is 0.170. The van der Waals surface area contributed by atoms with E-state index >= 15 is 0 Å². The van der Waals surface area contributed by atoms with Crippen molar-refractivity contribution in [3.05, 3.63) is 194 Å². The van der Waals surface area contributed by atoms with Crippen molar-refractivity contribution < 1.29 is 8.83 Å². The lowest BCUT2D eigenvalue weighted by Gasteiger charge is -2.19. The van der Waals surface area contributed by atoms with Gasteiger partial charge in [-0.3, -0.25) is 0 Å². The van der Waals surface area contributed by atoms with Gasteiger partial charge < -0.3 is 8.83 Å². The summed E-state index contributed by atoms with van der Waals surface area (Å²) in [5, 5.41) is 11.8. The highest BCUT2D eigenvalue weighted by Crippen LogP contribution is 2.47. The highest BCUT2D eigenvalue weighted by molar-refractivity contribution is 6.22. The third kappa shape index (κ3) is 4.69. The molecule has 2 nitrogen and oxygen atoms in total. The van der Waals surface area contributed by atoms with Crippen LogP contribution in [0.5, 0.6) is 0 Å². The molecule has 0 saturated carbocycles. The molecule has 12 rings (SSSR count). The summed E-state index contributed by atoms with van der Waals surface area (Å²) < 4.78 is 12.5. The Bertz CT molecular complexity index is 3360. The molecule has 0 atom stereocenters. The summed E-state index contributed by atoms with van der Waals surface area (Å²) >= 11 is 0. The molecule has 0 amide bonds. The van der Waals surface area contributed by atoms with E-state index in [9.17, 15) is 0 Å². The van der Waals surface area contributed by atoms with Crippen LogP contribution in [-0.2, 0) is 0 Å². The molecule has 0 fully saturated rings. The maximum absolute atomic E-state index is 6.26. The van der Waals surface area contributed by atoms with Gasteiger partial charge in [0.25, 0.3) is 0 Å². The van der Waals surface area contributed by atoms with Crippen LogP contribution >= 0.6 is 0 Å². The summed E-state index contributed by atoms with van der Waals surface area (Å²) in [5.74, 6) is 0. The Hall–Kier alpha value is -7.42. The van der Waals surface area contributed by atoms with Gasteiger partial charge in [-0.25, -0.2) is 0 Å². The van der Waals surface area contributed by atoms with Gasteiger partial charge in [0.2, 0.25) is 0 Å². The number of benzene rings is 10. The van der Waals surface area contributed by atoms with Crippen LogP contribution in [0.25, 0.3) is 121 Å². The van der Waals surface area contributed by atoms with Crippen molar-refractivity contribution in [1.29, 1.82) is 0 Å². The smallest absolute Gasteiger partial charge is 0.135 e. The Morgan fingerprint density at radius 3 is 1.34 bits per heavy atom. The van der Waals surface area contributed by atoms with Crippen LogP contribution in [0.4, 0.5) is 0 Å². The van der Waals surface area contributed by atoms with Gasteiger partial charge in [0, 0.05) is 21.5 Å². The van der Waals surface area contributed by atoms with Crippen molar-refractivity contribution in [3.63, 3.8) is 0 Å². The third-order valence-electron chi connectivity index (χ3n) is 11.7. The van der Waals surface area contributed by atoms with Crippen LogP contribution in [0.2, 0.25) is 0 Å². The summed E-state index contributed by atoms with van der Waals surface area (Å²) in [7, 11) is 0. The minimum Gasteiger partial charge on any atom is -0.456 e. The molecule has 0 unspecified atom stereocenters. The van der Waals surface area contributed by atoms with Crippen LogP contribution < -0.4 is 0 Å². The van der Waals surface area contributed by atoms with Crippen molar-refractivity contribution in [2.24, 2.45) is 0 Å². The number of rotatable bonds is 4. The highest BCUT2D eigenvalue weighted by Gasteiger charge is 2.20. The van der Waals surface area contributed by atoms with Crippen molar-refractivity contribution >= 4 is 76.2 Å². The molecule has 0 radical (unpaired) electrons. The van der Waals surface area contributed by atoms with E-state index in [0.29, 0.717) is 0 Å². The standard InChI is InChI=1S/C54H32O2/c1-2-12-33(13-3-1)37-28-34-14-4-5-15-40(34)49(31-37)54-43-20-10-18-38(35-24-26-52-47(29-35)41-16-6-8-22-50(41)55-52)45(43)32-46-39(19-11-21-44(46)54)36-25-27-53-48(30-36)42-17-7-9-23-51(42)56-53/h1-32H. The monoisotopic (exact) mass is 712 g/mol. The Morgan fingerprint density at radius 2 is 0.732 bits per heavy atom. The first kappa shape index (κ1) is 31.0. The molecule has 0 N–H and O–H groups in total. The van der Waals surface area contributed by atoms with E-state index in [1.807, 2.05) is 24.3 Å². The molecule has 0 saturated heterocycles. The Balaban J connectivity index is 1.20. The summed E-state index contributed by atoms with van der Waals surface area (Å²) in [5.41, 5.74) is 13.2. The van der Waals surface area contributed by atoms with Gasteiger partial charge in [-0.1, -0.05) is 140 Å². The number of furan rings is 2. The maximum atomic E-state index is 6.26. The zero-order valence-electron chi connectivity index (χ0n) is 30.3. The van der Waals surface area contributed by atoms with Crippen molar-refractivity contribution in [2.45, 2.75) is 0 Å². The van der Waals surface area contributed by atoms with Crippen molar-refractivity contribution in [3.8, 4) is 44.5 Å². The average molecular weight is 713 g/mol. The highest BCUT2D eigenvalue weighted by atomic mass is 16.3. The van der Waals surface area contributed by atoms with Gasteiger partial charge in [-0.2, -0.15) is 0 Å². The molecule has 0 bridgehead atoms. The minimum absolute atomic E-state index is 0.898. The fourth-order valence-electron chi connectivity index (χ4n) is 9.06. The van der Waals surface area contributed by atoms with E-state index in [1.165, 1.54) is 65.7 Å². The second-order valence-electron chi connectivity index (χ2n) is 14.8. The van der Waals surface area contributed by atoms with Crippen molar-refractivity contribution in [1.82, 2.24) is 0 Å². The van der Waals surface area contributed by atoms with Crippen LogP contribution in [0.15, 0.2) is 203 Å². The Labute approximate surface area is 322 Å². The van der Waals surface area contributed by atoms with E-state index in [1.54, 1.807) is 0 Å². The molecule has 260 valence electrons. The lowest BCUT2D eigenvalue weighted by Crippen LogP contribution is -1.92. The summed E-state index contributed by atoms with van der Waals surface area (Å²) in [6.45, 7) is 0. The van der Waals surface area contributed by atoms with Gasteiger partial charge in [0.15, 0.2) is 0 Å². The van der Waals surface area contributed by atoms with E-state index in [2.05, 4.69) is 170 Å². The summed E-state index contributed by atoms with van der Waals surface area (Å²) in [6, 6.07) is 70.2. The molecule has 0 spiro atoms. The lowest BCUT2D eigenvalue weighted by molar-refractivity contribution is 0.668. The molecule has 2 heteroatoms. The molecule has 2 aromatic heterocycles. The zero-order valence-corrected chi connectivity index (χ0v) is 30.3. The lowest BCUT2D eigenvalue weighted by atomic mass is 9.84. The summed E-state index contributed by atoms with van der Waals surface area (Å²) in [6.07, 6.45) is 0. The van der Waals surface area contributed by atoms with E-state index in [4.69, 9.17) is 8.83 Å². The number of hydrogen-bond donors (Lipinski definition) is 0. The van der Waals surface area contributed by atoms with Gasteiger partial charge in [-0.05, 0) is 131 Å². The zero-order chi connectivity index (χ0) is 36.7. The third-order valence-corrected chi connectivity index (χ3v) is 11.7. The largest absolute Gasteiger partial charge is 0.456 e. The maximum Gasteiger partial charge on any atom is 0.135 e. The topological polar surface area (TPSA) is 26.3 Å². The number of para-hydroxylation sites is 2. The second-order valence-corrected chi connectivity index (χ2v) is 14.8.